The predicted molar refractivity (Wildman–Crippen MR) is 172 cm³/mol. The van der Waals surface area contributed by atoms with Gasteiger partial charge in [-0.2, -0.15) is 0 Å². The van der Waals surface area contributed by atoms with Gasteiger partial charge in [0.05, 0.1) is 17.3 Å². The molecule has 226 valence electrons. The highest BCUT2D eigenvalue weighted by Crippen LogP contribution is 2.35. The lowest BCUT2D eigenvalue weighted by Crippen LogP contribution is -2.50. The number of thioether (sulfide) groups is 1. The van der Waals surface area contributed by atoms with Gasteiger partial charge in [-0.1, -0.05) is 53.7 Å². The summed E-state index contributed by atoms with van der Waals surface area (Å²) in [5, 5.41) is 25.2. The normalized spacial score (nSPS) is 20.7. The summed E-state index contributed by atoms with van der Waals surface area (Å²) in [4.78, 5) is 36.8. The van der Waals surface area contributed by atoms with Gasteiger partial charge < -0.3 is 29.9 Å². The number of carbonyl (C=O) groups excluding carboxylic acids is 2. The SMILES string of the molecule is CC(C)(C)OC(=O)N1CCN(CC2=CSC3=NC(c4ccccc4NC(=O)C4C=CC(B(O)O)=CC(Cl)=C4)=CCN23)CC1. The van der Waals surface area contributed by atoms with Gasteiger partial charge in [-0.05, 0) is 55.9 Å². The van der Waals surface area contributed by atoms with Gasteiger partial charge in [-0.25, -0.2) is 9.79 Å². The van der Waals surface area contributed by atoms with Crippen LogP contribution in [0.15, 0.2) is 81.2 Å². The Hall–Kier alpha value is -3.29. The van der Waals surface area contributed by atoms with E-state index in [9.17, 15) is 19.6 Å². The molecule has 10 nitrogen and oxygen atoms in total. The zero-order valence-electron chi connectivity index (χ0n) is 24.4. The molecule has 1 aromatic carbocycles. The van der Waals surface area contributed by atoms with E-state index in [1.807, 2.05) is 45.0 Å². The summed E-state index contributed by atoms with van der Waals surface area (Å²) >= 11 is 7.78. The molecule has 3 N–H and O–H groups in total. The predicted octanol–water partition coefficient (Wildman–Crippen LogP) is 4.03. The lowest BCUT2D eigenvalue weighted by molar-refractivity contribution is -0.117. The van der Waals surface area contributed by atoms with Crippen LogP contribution >= 0.6 is 23.4 Å². The highest BCUT2D eigenvalue weighted by atomic mass is 35.5. The molecular formula is C30H35BClN5O5S. The van der Waals surface area contributed by atoms with Crippen LogP contribution in [-0.2, 0) is 9.53 Å². The third-order valence-electron chi connectivity index (χ3n) is 7.17. The molecule has 13 heteroatoms. The quantitative estimate of drug-likeness (QED) is 0.407. The van der Waals surface area contributed by atoms with Crippen molar-refractivity contribution in [3.63, 3.8) is 0 Å². The average molecular weight is 624 g/mol. The third kappa shape index (κ3) is 7.82. The third-order valence-corrected chi connectivity index (χ3v) is 8.32. The molecule has 4 aliphatic rings. The molecule has 5 rings (SSSR count). The molecule has 1 saturated heterocycles. The molecule has 1 unspecified atom stereocenters. The molecule has 1 aliphatic carbocycles. The van der Waals surface area contributed by atoms with E-state index in [0.717, 1.165) is 41.8 Å². The number of amides is 2. The summed E-state index contributed by atoms with van der Waals surface area (Å²) in [5.74, 6) is -1.00. The zero-order valence-corrected chi connectivity index (χ0v) is 25.9. The number of allylic oxidation sites excluding steroid dienone is 4. The van der Waals surface area contributed by atoms with E-state index in [1.165, 1.54) is 12.2 Å². The molecule has 2 amide bonds. The second kappa shape index (κ2) is 13.1. The Balaban J connectivity index is 1.20. The average Bonchev–Trinajstić information content (AvgIpc) is 3.23. The van der Waals surface area contributed by atoms with Gasteiger partial charge in [0.1, 0.15) is 5.60 Å². The molecule has 1 fully saturated rings. The Morgan fingerprint density at radius 2 is 1.93 bits per heavy atom. The number of hydrogen-bond acceptors (Lipinski definition) is 9. The number of benzene rings is 1. The van der Waals surface area contributed by atoms with Crippen molar-refractivity contribution in [1.82, 2.24) is 14.7 Å². The molecule has 0 spiro atoms. The Morgan fingerprint density at radius 3 is 2.65 bits per heavy atom. The van der Waals surface area contributed by atoms with E-state index in [0.29, 0.717) is 25.3 Å². The highest BCUT2D eigenvalue weighted by Gasteiger charge is 2.30. The van der Waals surface area contributed by atoms with Crippen LogP contribution in [0.25, 0.3) is 5.70 Å². The van der Waals surface area contributed by atoms with Gasteiger partial charge in [0.15, 0.2) is 5.17 Å². The molecule has 0 radical (unpaired) electrons. The zero-order chi connectivity index (χ0) is 30.7. The summed E-state index contributed by atoms with van der Waals surface area (Å²) in [6, 6.07) is 7.51. The number of ether oxygens (including phenoxy) is 1. The molecule has 3 aliphatic heterocycles. The van der Waals surface area contributed by atoms with Gasteiger partial charge >= 0.3 is 13.2 Å². The number of nitrogens with one attached hydrogen (secondary N) is 1. The van der Waals surface area contributed by atoms with Crippen LogP contribution in [0.4, 0.5) is 10.5 Å². The first-order valence-electron chi connectivity index (χ1n) is 14.1. The summed E-state index contributed by atoms with van der Waals surface area (Å²) < 4.78 is 5.51. The Bertz CT molecular complexity index is 1460. The number of piperazine rings is 1. The molecule has 0 bridgehead atoms. The molecule has 0 aromatic heterocycles. The summed E-state index contributed by atoms with van der Waals surface area (Å²) in [5.41, 5.74) is 3.05. The minimum Gasteiger partial charge on any atom is -0.444 e. The summed E-state index contributed by atoms with van der Waals surface area (Å²) in [6.07, 6.45) is 7.83. The van der Waals surface area contributed by atoms with Crippen molar-refractivity contribution in [3.8, 4) is 0 Å². The lowest BCUT2D eigenvalue weighted by atomic mass is 9.79. The number of anilines is 1. The van der Waals surface area contributed by atoms with E-state index < -0.39 is 18.6 Å². The van der Waals surface area contributed by atoms with Gasteiger partial charge in [0.25, 0.3) is 0 Å². The molecule has 1 atom stereocenters. The van der Waals surface area contributed by atoms with Gasteiger partial charge in [-0.15, -0.1) is 0 Å². The minimum atomic E-state index is -1.68. The Kier molecular flexibility index (Phi) is 9.53. The van der Waals surface area contributed by atoms with Crippen molar-refractivity contribution < 1.29 is 24.4 Å². The van der Waals surface area contributed by atoms with E-state index in [1.54, 1.807) is 28.8 Å². The Labute approximate surface area is 261 Å². The fraction of sp³-hybridized carbons (Fsp3) is 0.367. The first kappa shape index (κ1) is 31.1. The van der Waals surface area contributed by atoms with Crippen molar-refractivity contribution in [2.75, 3.05) is 44.6 Å². The van der Waals surface area contributed by atoms with Gasteiger partial charge in [-0.3, -0.25) is 9.69 Å². The number of nitrogens with zero attached hydrogens (tertiary/aromatic N) is 4. The first-order valence-corrected chi connectivity index (χ1v) is 15.4. The second-order valence-electron chi connectivity index (χ2n) is 11.6. The monoisotopic (exact) mass is 623 g/mol. The topological polar surface area (TPSA) is 118 Å². The number of carbonyl (C=O) groups is 2. The van der Waals surface area contributed by atoms with Crippen LogP contribution in [0.3, 0.4) is 0 Å². The van der Waals surface area contributed by atoms with Crippen molar-refractivity contribution in [2.45, 2.75) is 26.4 Å². The molecule has 1 aromatic rings. The highest BCUT2D eigenvalue weighted by molar-refractivity contribution is 8.16. The van der Waals surface area contributed by atoms with E-state index in [-0.39, 0.29) is 22.5 Å². The first-order chi connectivity index (χ1) is 20.5. The van der Waals surface area contributed by atoms with Crippen LogP contribution in [0.2, 0.25) is 0 Å². The number of halogens is 1. The van der Waals surface area contributed by atoms with Crippen LogP contribution in [0.5, 0.6) is 0 Å². The van der Waals surface area contributed by atoms with Crippen LogP contribution in [0.1, 0.15) is 26.3 Å². The van der Waals surface area contributed by atoms with E-state index in [2.05, 4.69) is 26.6 Å². The molecule has 3 heterocycles. The standard InChI is InChI=1S/C30H35BClN5O5S/c1-30(2,3)42-29(39)36-14-12-35(13-15-36)18-23-19-43-28-34-26(10-11-37(23)28)24-6-4-5-7-25(24)33-27(38)20-8-9-21(31(40)41)17-22(32)16-20/h4-10,16-17,19-20,40-41H,11-15,18H2,1-3H3,(H,33,38). The maximum atomic E-state index is 13.2. The molecular weight excluding hydrogens is 589 g/mol. The van der Waals surface area contributed by atoms with Gasteiger partial charge in [0, 0.05) is 55.6 Å². The summed E-state index contributed by atoms with van der Waals surface area (Å²) in [6.45, 7) is 9.83. The Morgan fingerprint density at radius 1 is 1.19 bits per heavy atom. The maximum Gasteiger partial charge on any atom is 0.488 e. The number of para-hydroxylation sites is 1. The number of rotatable bonds is 6. The number of amidine groups is 1. The minimum absolute atomic E-state index is 0.204. The van der Waals surface area contributed by atoms with Crippen molar-refractivity contribution in [2.24, 2.45) is 10.9 Å². The van der Waals surface area contributed by atoms with Crippen molar-refractivity contribution in [3.05, 3.63) is 81.8 Å². The number of hydrogen-bond donors (Lipinski definition) is 3. The van der Waals surface area contributed by atoms with Crippen LogP contribution in [-0.4, -0.2) is 93.9 Å². The van der Waals surface area contributed by atoms with E-state index >= 15 is 0 Å². The molecule has 43 heavy (non-hydrogen) atoms. The second-order valence-corrected chi connectivity index (χ2v) is 12.8. The fourth-order valence-electron chi connectivity index (χ4n) is 4.97. The smallest absolute Gasteiger partial charge is 0.444 e. The largest absolute Gasteiger partial charge is 0.488 e. The number of fused-ring (bicyclic) bond motifs is 1. The fourth-order valence-corrected chi connectivity index (χ4v) is 6.14. The maximum absolute atomic E-state index is 13.2. The van der Waals surface area contributed by atoms with Crippen LogP contribution in [0, 0.1) is 5.92 Å². The van der Waals surface area contributed by atoms with Crippen molar-refractivity contribution >= 4 is 59.0 Å². The van der Waals surface area contributed by atoms with E-state index in [4.69, 9.17) is 21.3 Å². The summed E-state index contributed by atoms with van der Waals surface area (Å²) in [7, 11) is -1.68. The van der Waals surface area contributed by atoms with Crippen molar-refractivity contribution in [1.29, 1.82) is 0 Å². The van der Waals surface area contributed by atoms with Gasteiger partial charge in [0.2, 0.25) is 5.91 Å². The lowest BCUT2D eigenvalue weighted by Gasteiger charge is -2.36. The van der Waals surface area contributed by atoms with Crippen LogP contribution < -0.4 is 5.32 Å². The number of aliphatic imine (C=N–C) groups is 1. The molecule has 0 saturated carbocycles.